The molecular weight excluding hydrogens is 203 g/mol. The molecule has 0 aromatic heterocycles. The summed E-state index contributed by atoms with van der Waals surface area (Å²) in [5.74, 6) is 0.0338. The summed E-state index contributed by atoms with van der Waals surface area (Å²) in [6.45, 7) is 6.35. The van der Waals surface area contributed by atoms with E-state index in [1.54, 1.807) is 6.07 Å². The summed E-state index contributed by atoms with van der Waals surface area (Å²) in [7, 11) is 1.94. The van der Waals surface area contributed by atoms with Crippen molar-refractivity contribution in [1.82, 2.24) is 0 Å². The number of hydrogen-bond acceptors (Lipinski definition) is 2. The second-order valence-electron chi connectivity index (χ2n) is 4.37. The molecule has 1 aromatic carbocycles. The fraction of sp³-hybridized carbons (Fsp3) is 0.462. The molecule has 0 aliphatic heterocycles. The number of nitrogens with zero attached hydrogens (tertiary/aromatic N) is 2. The van der Waals surface area contributed by atoms with Crippen molar-refractivity contribution in [2.24, 2.45) is 5.92 Å². The lowest BCUT2D eigenvalue weighted by Gasteiger charge is -2.30. The molecule has 1 unspecified atom stereocenters. The minimum absolute atomic E-state index is 0.0920. The fourth-order valence-electron chi connectivity index (χ4n) is 1.50. The normalized spacial score (nSPS) is 12.3. The summed E-state index contributed by atoms with van der Waals surface area (Å²) >= 11 is 0. The van der Waals surface area contributed by atoms with Gasteiger partial charge in [0.05, 0.1) is 5.56 Å². The first kappa shape index (κ1) is 12.5. The Morgan fingerprint density at radius 2 is 1.94 bits per heavy atom. The van der Waals surface area contributed by atoms with Crippen LogP contribution < -0.4 is 4.90 Å². The van der Waals surface area contributed by atoms with Crippen molar-refractivity contribution in [3.8, 4) is 6.07 Å². The van der Waals surface area contributed by atoms with E-state index in [0.717, 1.165) is 5.69 Å². The highest BCUT2D eigenvalue weighted by atomic mass is 19.1. The van der Waals surface area contributed by atoms with Crippen molar-refractivity contribution in [3.63, 3.8) is 0 Å². The van der Waals surface area contributed by atoms with E-state index in [0.29, 0.717) is 12.0 Å². The number of hydrogen-bond donors (Lipinski definition) is 0. The zero-order valence-corrected chi connectivity index (χ0v) is 10.2. The Morgan fingerprint density at radius 3 is 2.38 bits per heavy atom. The van der Waals surface area contributed by atoms with Gasteiger partial charge < -0.3 is 4.90 Å². The summed E-state index contributed by atoms with van der Waals surface area (Å²) in [6.07, 6.45) is 0. The molecule has 0 saturated heterocycles. The predicted molar refractivity (Wildman–Crippen MR) is 63.8 cm³/mol. The molecule has 2 nitrogen and oxygen atoms in total. The van der Waals surface area contributed by atoms with Crippen molar-refractivity contribution in [3.05, 3.63) is 29.6 Å². The van der Waals surface area contributed by atoms with Crippen molar-refractivity contribution >= 4 is 5.69 Å². The zero-order valence-electron chi connectivity index (χ0n) is 10.2. The van der Waals surface area contributed by atoms with E-state index in [1.165, 1.54) is 12.1 Å². The first-order valence-electron chi connectivity index (χ1n) is 5.40. The van der Waals surface area contributed by atoms with Crippen LogP contribution >= 0.6 is 0 Å². The lowest BCUT2D eigenvalue weighted by Crippen LogP contribution is -2.33. The molecule has 0 spiro atoms. The first-order chi connectivity index (χ1) is 7.47. The van der Waals surface area contributed by atoms with Crippen molar-refractivity contribution in [2.45, 2.75) is 26.8 Å². The number of nitriles is 1. The van der Waals surface area contributed by atoms with Gasteiger partial charge in [0.15, 0.2) is 0 Å². The molecule has 1 atom stereocenters. The van der Waals surface area contributed by atoms with Gasteiger partial charge in [0.2, 0.25) is 0 Å². The number of rotatable bonds is 3. The van der Waals surface area contributed by atoms with E-state index in [1.807, 2.05) is 18.0 Å². The molecule has 0 saturated carbocycles. The van der Waals surface area contributed by atoms with Crippen LogP contribution in [0.2, 0.25) is 0 Å². The summed E-state index contributed by atoms with van der Waals surface area (Å²) in [5, 5.41) is 8.64. The maximum Gasteiger partial charge on any atom is 0.143 e. The van der Waals surface area contributed by atoms with Crippen molar-refractivity contribution < 1.29 is 4.39 Å². The smallest absolute Gasteiger partial charge is 0.143 e. The summed E-state index contributed by atoms with van der Waals surface area (Å²) in [6, 6.07) is 6.86. The van der Waals surface area contributed by atoms with Gasteiger partial charge >= 0.3 is 0 Å². The van der Waals surface area contributed by atoms with E-state index in [9.17, 15) is 4.39 Å². The highest BCUT2D eigenvalue weighted by molar-refractivity contribution is 5.50. The Balaban J connectivity index is 2.98. The van der Waals surface area contributed by atoms with Gasteiger partial charge in [-0.05, 0) is 31.0 Å². The molecule has 16 heavy (non-hydrogen) atoms. The molecule has 0 amide bonds. The van der Waals surface area contributed by atoms with Gasteiger partial charge in [-0.1, -0.05) is 13.8 Å². The van der Waals surface area contributed by atoms with Gasteiger partial charge in [0.25, 0.3) is 0 Å². The third kappa shape index (κ3) is 2.52. The van der Waals surface area contributed by atoms with E-state index < -0.39 is 5.82 Å². The van der Waals surface area contributed by atoms with E-state index in [4.69, 9.17) is 5.26 Å². The largest absolute Gasteiger partial charge is 0.372 e. The standard InChI is InChI=1S/C13H17FN2/c1-9(2)10(3)16(4)12-6-5-11(8-15)13(14)7-12/h5-7,9-10H,1-4H3. The first-order valence-corrected chi connectivity index (χ1v) is 5.40. The zero-order chi connectivity index (χ0) is 12.3. The lowest BCUT2D eigenvalue weighted by atomic mass is 10.0. The predicted octanol–water partition coefficient (Wildman–Crippen LogP) is 3.18. The van der Waals surface area contributed by atoms with Crippen LogP contribution in [0.4, 0.5) is 10.1 Å². The second kappa shape index (κ2) is 4.98. The molecule has 86 valence electrons. The molecule has 0 N–H and O–H groups in total. The minimum Gasteiger partial charge on any atom is -0.372 e. The Morgan fingerprint density at radius 1 is 1.31 bits per heavy atom. The van der Waals surface area contributed by atoms with E-state index >= 15 is 0 Å². The Bertz CT molecular complexity index is 407. The average Bonchev–Trinajstić information content (AvgIpc) is 2.26. The maximum atomic E-state index is 13.4. The van der Waals surface area contributed by atoms with E-state index in [-0.39, 0.29) is 5.56 Å². The summed E-state index contributed by atoms with van der Waals surface area (Å²) in [4.78, 5) is 2.02. The molecule has 0 radical (unpaired) electrons. The number of halogens is 1. The number of benzene rings is 1. The fourth-order valence-corrected chi connectivity index (χ4v) is 1.50. The Hall–Kier alpha value is -1.56. The monoisotopic (exact) mass is 220 g/mol. The van der Waals surface area contributed by atoms with Crippen molar-refractivity contribution in [2.75, 3.05) is 11.9 Å². The second-order valence-corrected chi connectivity index (χ2v) is 4.37. The molecular formula is C13H17FN2. The van der Waals surface area contributed by atoms with Crippen LogP contribution in [0.1, 0.15) is 26.3 Å². The van der Waals surface area contributed by atoms with Gasteiger partial charge in [-0.15, -0.1) is 0 Å². The third-order valence-corrected chi connectivity index (χ3v) is 3.06. The molecule has 0 aliphatic carbocycles. The van der Waals surface area contributed by atoms with Crippen molar-refractivity contribution in [1.29, 1.82) is 5.26 Å². The maximum absolute atomic E-state index is 13.4. The molecule has 1 aromatic rings. The molecule has 1 rings (SSSR count). The average molecular weight is 220 g/mol. The highest BCUT2D eigenvalue weighted by Gasteiger charge is 2.14. The third-order valence-electron chi connectivity index (χ3n) is 3.06. The highest BCUT2D eigenvalue weighted by Crippen LogP contribution is 2.21. The molecule has 0 aliphatic rings. The molecule has 0 fully saturated rings. The summed E-state index contributed by atoms with van der Waals surface area (Å²) in [5.41, 5.74) is 0.895. The van der Waals surface area contributed by atoms with Crippen LogP contribution in [0.25, 0.3) is 0 Å². The molecule has 0 bridgehead atoms. The topological polar surface area (TPSA) is 27.0 Å². The van der Waals surface area contributed by atoms with Crippen LogP contribution in [-0.2, 0) is 0 Å². The van der Waals surface area contributed by atoms with Gasteiger partial charge in [-0.3, -0.25) is 0 Å². The van der Waals surface area contributed by atoms with E-state index in [2.05, 4.69) is 20.8 Å². The van der Waals surface area contributed by atoms with Gasteiger partial charge in [-0.2, -0.15) is 5.26 Å². The van der Waals surface area contributed by atoms with Gasteiger partial charge in [-0.25, -0.2) is 4.39 Å². The lowest BCUT2D eigenvalue weighted by molar-refractivity contribution is 0.504. The Kier molecular flexibility index (Phi) is 3.89. The van der Waals surface area contributed by atoms with Crippen LogP contribution in [0.5, 0.6) is 0 Å². The van der Waals surface area contributed by atoms with Gasteiger partial charge in [0.1, 0.15) is 11.9 Å². The van der Waals surface area contributed by atoms with Crippen LogP contribution in [0, 0.1) is 23.1 Å². The number of anilines is 1. The van der Waals surface area contributed by atoms with Crippen LogP contribution in [-0.4, -0.2) is 13.1 Å². The minimum atomic E-state index is -0.456. The van der Waals surface area contributed by atoms with Gasteiger partial charge in [0, 0.05) is 18.8 Å². The molecule has 3 heteroatoms. The summed E-state index contributed by atoms with van der Waals surface area (Å²) < 4.78 is 13.4. The quantitative estimate of drug-likeness (QED) is 0.782. The SMILES string of the molecule is CC(C)C(C)N(C)c1ccc(C#N)c(F)c1. The van der Waals surface area contributed by atoms with Crippen LogP contribution in [0.3, 0.4) is 0 Å². The van der Waals surface area contributed by atoms with Crippen LogP contribution in [0.15, 0.2) is 18.2 Å². The molecule has 0 heterocycles. The Labute approximate surface area is 96.3 Å².